The summed E-state index contributed by atoms with van der Waals surface area (Å²) in [5.41, 5.74) is 2.09. The van der Waals surface area contributed by atoms with Gasteiger partial charge in [-0.15, -0.1) is 0 Å². The Labute approximate surface area is 181 Å². The van der Waals surface area contributed by atoms with Crippen molar-refractivity contribution < 1.29 is 14.6 Å². The van der Waals surface area contributed by atoms with E-state index in [0.29, 0.717) is 17.0 Å². The van der Waals surface area contributed by atoms with Gasteiger partial charge < -0.3 is 20.5 Å². The summed E-state index contributed by atoms with van der Waals surface area (Å²) in [6, 6.07) is 15.9. The summed E-state index contributed by atoms with van der Waals surface area (Å²) in [6.45, 7) is 5.59. The van der Waals surface area contributed by atoms with Crippen molar-refractivity contribution >= 4 is 22.4 Å². The number of nitriles is 1. The highest BCUT2D eigenvalue weighted by Crippen LogP contribution is 2.35. The smallest absolute Gasteiger partial charge is 0.270 e. The largest absolute Gasteiger partial charge is 0.495 e. The predicted octanol–water partition coefficient (Wildman–Crippen LogP) is 3.59. The lowest BCUT2D eigenvalue weighted by atomic mass is 9.97. The molecule has 1 aromatic heterocycles. The number of nitrogens with zero attached hydrogens (tertiary/aromatic N) is 2. The minimum Gasteiger partial charge on any atom is -0.495 e. The molecule has 3 N–H and O–H groups in total. The quantitative estimate of drug-likeness (QED) is 0.485. The van der Waals surface area contributed by atoms with E-state index in [2.05, 4.69) is 22.2 Å². The maximum atomic E-state index is 12.6. The Balaban J connectivity index is 2.00. The standard InChI is InChI=1S/C24H24N4O3/c1-15(13-25)14-27-23-19-12-18(8-7-17(19)9-10-21(23)31-3)22(16(2)29)28-24(30)20-6-4-5-11-26-20/h4-12,16,22,27,29H,1,14H2,2-3H3,(H,28,30)/t16-,22?/m1/s1. The summed E-state index contributed by atoms with van der Waals surface area (Å²) < 4.78 is 5.49. The molecule has 2 aromatic carbocycles. The number of aliphatic hydroxyl groups excluding tert-OH is 1. The molecule has 1 amide bonds. The number of benzene rings is 2. The number of anilines is 1. The summed E-state index contributed by atoms with van der Waals surface area (Å²) in [4.78, 5) is 16.7. The van der Waals surface area contributed by atoms with Crippen LogP contribution >= 0.6 is 0 Å². The first-order chi connectivity index (χ1) is 14.9. The number of nitrogens with one attached hydrogen (secondary N) is 2. The van der Waals surface area contributed by atoms with Crippen LogP contribution in [0.15, 0.2) is 66.9 Å². The van der Waals surface area contributed by atoms with Gasteiger partial charge in [0, 0.05) is 23.7 Å². The van der Waals surface area contributed by atoms with Gasteiger partial charge in [-0.2, -0.15) is 5.26 Å². The van der Waals surface area contributed by atoms with E-state index in [1.54, 1.807) is 38.4 Å². The van der Waals surface area contributed by atoms with Crippen LogP contribution in [-0.2, 0) is 0 Å². The Bertz CT molecular complexity index is 1140. The fraction of sp³-hybridized carbons (Fsp3) is 0.208. The van der Waals surface area contributed by atoms with Crippen molar-refractivity contribution in [3.05, 3.63) is 78.1 Å². The van der Waals surface area contributed by atoms with Crippen LogP contribution in [-0.4, -0.2) is 35.8 Å². The number of methoxy groups -OCH3 is 1. The second-order valence-corrected chi connectivity index (χ2v) is 7.10. The van der Waals surface area contributed by atoms with Crippen molar-refractivity contribution in [2.75, 3.05) is 19.0 Å². The van der Waals surface area contributed by atoms with Gasteiger partial charge in [-0.25, -0.2) is 0 Å². The number of amides is 1. The van der Waals surface area contributed by atoms with E-state index in [9.17, 15) is 9.90 Å². The molecule has 31 heavy (non-hydrogen) atoms. The monoisotopic (exact) mass is 416 g/mol. The average Bonchev–Trinajstić information content (AvgIpc) is 2.80. The zero-order chi connectivity index (χ0) is 22.4. The Morgan fingerprint density at radius 3 is 2.71 bits per heavy atom. The van der Waals surface area contributed by atoms with Gasteiger partial charge in [0.25, 0.3) is 5.91 Å². The molecule has 0 aliphatic heterocycles. The first-order valence-corrected chi connectivity index (χ1v) is 9.77. The number of pyridine rings is 1. The van der Waals surface area contributed by atoms with Gasteiger partial charge >= 0.3 is 0 Å². The first-order valence-electron chi connectivity index (χ1n) is 9.77. The molecule has 0 radical (unpaired) electrons. The number of hydrogen-bond acceptors (Lipinski definition) is 6. The van der Waals surface area contributed by atoms with E-state index in [-0.39, 0.29) is 18.1 Å². The molecule has 0 saturated heterocycles. The number of aliphatic hydroxyl groups is 1. The second kappa shape index (κ2) is 9.74. The molecule has 0 spiro atoms. The maximum Gasteiger partial charge on any atom is 0.270 e. The Kier molecular flexibility index (Phi) is 6.85. The topological polar surface area (TPSA) is 107 Å². The van der Waals surface area contributed by atoms with E-state index in [4.69, 9.17) is 10.00 Å². The molecular formula is C24H24N4O3. The molecule has 7 heteroatoms. The van der Waals surface area contributed by atoms with E-state index in [0.717, 1.165) is 16.3 Å². The van der Waals surface area contributed by atoms with Crippen molar-refractivity contribution in [3.8, 4) is 11.8 Å². The van der Waals surface area contributed by atoms with Crippen LogP contribution in [0.5, 0.6) is 5.75 Å². The second-order valence-electron chi connectivity index (χ2n) is 7.10. The Morgan fingerprint density at radius 1 is 1.29 bits per heavy atom. The lowest BCUT2D eigenvalue weighted by molar-refractivity contribution is 0.0853. The van der Waals surface area contributed by atoms with Gasteiger partial charge in [0.1, 0.15) is 11.4 Å². The van der Waals surface area contributed by atoms with Crippen LogP contribution in [0.4, 0.5) is 5.69 Å². The number of aromatic nitrogens is 1. The molecule has 0 bridgehead atoms. The van der Waals surface area contributed by atoms with Crippen LogP contribution in [0, 0.1) is 11.3 Å². The Hall–Kier alpha value is -3.89. The summed E-state index contributed by atoms with van der Waals surface area (Å²) >= 11 is 0. The molecule has 158 valence electrons. The maximum absolute atomic E-state index is 12.6. The van der Waals surface area contributed by atoms with Crippen LogP contribution in [0.3, 0.4) is 0 Å². The number of hydrogen-bond donors (Lipinski definition) is 3. The SMILES string of the molecule is C=C(C#N)CNc1c(OC)ccc2ccc(C(NC(=O)c3ccccn3)[C@@H](C)O)cc12. The van der Waals surface area contributed by atoms with Crippen molar-refractivity contribution in [1.82, 2.24) is 10.3 Å². The van der Waals surface area contributed by atoms with E-state index in [1.165, 1.54) is 0 Å². The molecule has 3 aromatic rings. The lowest BCUT2D eigenvalue weighted by Crippen LogP contribution is -2.35. The highest BCUT2D eigenvalue weighted by atomic mass is 16.5. The third-order valence-corrected chi connectivity index (χ3v) is 4.89. The molecule has 0 fully saturated rings. The molecule has 0 aliphatic carbocycles. The van der Waals surface area contributed by atoms with Crippen molar-refractivity contribution in [1.29, 1.82) is 5.26 Å². The van der Waals surface area contributed by atoms with Gasteiger partial charge in [0.2, 0.25) is 0 Å². The summed E-state index contributed by atoms with van der Waals surface area (Å²) in [5.74, 6) is 0.238. The van der Waals surface area contributed by atoms with Gasteiger partial charge in [-0.3, -0.25) is 9.78 Å². The fourth-order valence-corrected chi connectivity index (χ4v) is 3.29. The zero-order valence-corrected chi connectivity index (χ0v) is 17.4. The third kappa shape index (κ3) is 5.00. The molecular weight excluding hydrogens is 392 g/mol. The van der Waals surface area contributed by atoms with Gasteiger partial charge in [-0.1, -0.05) is 30.8 Å². The summed E-state index contributed by atoms with van der Waals surface area (Å²) in [5, 5.41) is 27.3. The van der Waals surface area contributed by atoms with Gasteiger partial charge in [0.15, 0.2) is 0 Å². The molecule has 1 heterocycles. The van der Waals surface area contributed by atoms with Gasteiger partial charge in [0.05, 0.1) is 31.0 Å². The molecule has 3 rings (SSSR count). The van der Waals surface area contributed by atoms with Crippen LogP contribution in [0.2, 0.25) is 0 Å². The van der Waals surface area contributed by atoms with Crippen molar-refractivity contribution in [3.63, 3.8) is 0 Å². The number of carbonyl (C=O) groups is 1. The minimum absolute atomic E-state index is 0.270. The Morgan fingerprint density at radius 2 is 2.06 bits per heavy atom. The zero-order valence-electron chi connectivity index (χ0n) is 17.4. The minimum atomic E-state index is -0.842. The number of rotatable bonds is 8. The predicted molar refractivity (Wildman–Crippen MR) is 120 cm³/mol. The van der Waals surface area contributed by atoms with Crippen LogP contribution < -0.4 is 15.4 Å². The molecule has 1 unspecified atom stereocenters. The third-order valence-electron chi connectivity index (χ3n) is 4.89. The van der Waals surface area contributed by atoms with E-state index < -0.39 is 12.1 Å². The van der Waals surface area contributed by atoms with Crippen molar-refractivity contribution in [2.45, 2.75) is 19.1 Å². The lowest BCUT2D eigenvalue weighted by Gasteiger charge is -2.23. The van der Waals surface area contributed by atoms with Crippen LogP contribution in [0.1, 0.15) is 29.0 Å². The van der Waals surface area contributed by atoms with Crippen LogP contribution in [0.25, 0.3) is 10.8 Å². The number of ether oxygens (including phenoxy) is 1. The highest BCUT2D eigenvalue weighted by Gasteiger charge is 2.22. The molecule has 2 atom stereocenters. The first kappa shape index (κ1) is 21.8. The number of fused-ring (bicyclic) bond motifs is 1. The van der Waals surface area contributed by atoms with E-state index in [1.807, 2.05) is 36.4 Å². The van der Waals surface area contributed by atoms with Gasteiger partial charge in [-0.05, 0) is 42.1 Å². The average molecular weight is 416 g/mol. The summed E-state index contributed by atoms with van der Waals surface area (Å²) in [6.07, 6.45) is 0.701. The molecule has 0 saturated carbocycles. The normalized spacial score (nSPS) is 12.5. The van der Waals surface area contributed by atoms with Crippen molar-refractivity contribution in [2.24, 2.45) is 0 Å². The highest BCUT2D eigenvalue weighted by molar-refractivity contribution is 5.98. The fourth-order valence-electron chi connectivity index (χ4n) is 3.29. The molecule has 7 nitrogen and oxygen atoms in total. The summed E-state index contributed by atoms with van der Waals surface area (Å²) in [7, 11) is 1.57. The van der Waals surface area contributed by atoms with E-state index >= 15 is 0 Å². The number of carbonyl (C=O) groups excluding carboxylic acids is 1. The molecule has 0 aliphatic rings.